The van der Waals surface area contributed by atoms with Gasteiger partial charge in [-0.25, -0.2) is 0 Å². The molecule has 0 aliphatic rings. The largest absolute Gasteiger partial charge is 0.480 e. The zero-order valence-corrected chi connectivity index (χ0v) is 11.6. The highest BCUT2D eigenvalue weighted by Crippen LogP contribution is 2.05. The summed E-state index contributed by atoms with van der Waals surface area (Å²) in [6.07, 6.45) is 1.59. The molecule has 1 aromatic heterocycles. The molecule has 0 atom stereocenters. The standard InChI is InChI=1S/C12H17N3O6/c1-2-3-8-13-9(21-14-8)4-5-10(16)15(6-11(17)18)7-12(19)20/h2-7H2,1H3,(H,17,18)(H,19,20). The molecule has 0 bridgehead atoms. The summed E-state index contributed by atoms with van der Waals surface area (Å²) in [5.74, 6) is -2.31. The first-order valence-electron chi connectivity index (χ1n) is 6.45. The van der Waals surface area contributed by atoms with Gasteiger partial charge < -0.3 is 19.6 Å². The number of amides is 1. The molecular weight excluding hydrogens is 282 g/mol. The molecule has 0 aliphatic heterocycles. The number of carbonyl (C=O) groups is 3. The average Bonchev–Trinajstić information content (AvgIpc) is 2.82. The summed E-state index contributed by atoms with van der Waals surface area (Å²) in [5.41, 5.74) is 0. The number of rotatable bonds is 9. The van der Waals surface area contributed by atoms with Crippen LogP contribution < -0.4 is 0 Å². The number of carbonyl (C=O) groups excluding carboxylic acids is 1. The van der Waals surface area contributed by atoms with E-state index in [-0.39, 0.29) is 18.7 Å². The maximum absolute atomic E-state index is 11.8. The second-order valence-corrected chi connectivity index (χ2v) is 4.39. The Morgan fingerprint density at radius 2 is 1.76 bits per heavy atom. The van der Waals surface area contributed by atoms with Crippen molar-refractivity contribution in [2.45, 2.75) is 32.6 Å². The molecule has 1 aromatic rings. The molecule has 0 aromatic carbocycles. The van der Waals surface area contributed by atoms with Crippen LogP contribution in [0.5, 0.6) is 0 Å². The van der Waals surface area contributed by atoms with Crippen molar-refractivity contribution in [1.29, 1.82) is 0 Å². The molecule has 0 fully saturated rings. The van der Waals surface area contributed by atoms with Crippen LogP contribution in [0.25, 0.3) is 0 Å². The van der Waals surface area contributed by atoms with Gasteiger partial charge >= 0.3 is 11.9 Å². The maximum atomic E-state index is 11.8. The SMILES string of the molecule is CCCc1noc(CCC(=O)N(CC(=O)O)CC(=O)O)n1. The lowest BCUT2D eigenvalue weighted by Crippen LogP contribution is -2.39. The number of hydrogen-bond acceptors (Lipinski definition) is 6. The van der Waals surface area contributed by atoms with Crippen LogP contribution in [-0.2, 0) is 27.2 Å². The molecule has 0 radical (unpaired) electrons. The Morgan fingerprint density at radius 3 is 2.29 bits per heavy atom. The zero-order chi connectivity index (χ0) is 15.8. The van der Waals surface area contributed by atoms with Crippen LogP contribution in [0.3, 0.4) is 0 Å². The van der Waals surface area contributed by atoms with Gasteiger partial charge in [0.2, 0.25) is 11.8 Å². The van der Waals surface area contributed by atoms with Crippen molar-refractivity contribution < 1.29 is 29.1 Å². The van der Waals surface area contributed by atoms with E-state index < -0.39 is 30.9 Å². The third-order valence-electron chi connectivity index (χ3n) is 2.54. The summed E-state index contributed by atoms with van der Waals surface area (Å²) < 4.78 is 4.95. The van der Waals surface area contributed by atoms with Crippen molar-refractivity contribution in [3.05, 3.63) is 11.7 Å². The number of aliphatic carboxylic acids is 2. The highest BCUT2D eigenvalue weighted by Gasteiger charge is 2.20. The molecule has 0 saturated heterocycles. The average molecular weight is 299 g/mol. The van der Waals surface area contributed by atoms with Crippen LogP contribution in [0.15, 0.2) is 4.52 Å². The minimum Gasteiger partial charge on any atom is -0.480 e. The summed E-state index contributed by atoms with van der Waals surface area (Å²) >= 11 is 0. The first kappa shape index (κ1) is 16.6. The van der Waals surface area contributed by atoms with Gasteiger partial charge in [-0.1, -0.05) is 12.1 Å². The molecule has 1 heterocycles. The Hall–Kier alpha value is -2.45. The Morgan fingerprint density at radius 1 is 1.14 bits per heavy atom. The monoisotopic (exact) mass is 299 g/mol. The first-order chi connectivity index (χ1) is 9.92. The Labute approximate surface area is 120 Å². The summed E-state index contributed by atoms with van der Waals surface area (Å²) in [4.78, 5) is 37.9. The van der Waals surface area contributed by atoms with Crippen molar-refractivity contribution in [3.63, 3.8) is 0 Å². The Bertz CT molecular complexity index is 497. The topological polar surface area (TPSA) is 134 Å². The van der Waals surface area contributed by atoms with Gasteiger partial charge in [-0.15, -0.1) is 0 Å². The normalized spacial score (nSPS) is 10.3. The van der Waals surface area contributed by atoms with E-state index in [0.717, 1.165) is 11.3 Å². The highest BCUT2D eigenvalue weighted by atomic mass is 16.5. The number of hydrogen-bond donors (Lipinski definition) is 2. The predicted octanol–water partition coefficient (Wildman–Crippen LogP) is -0.0475. The highest BCUT2D eigenvalue weighted by molar-refractivity contribution is 5.85. The van der Waals surface area contributed by atoms with Crippen LogP contribution >= 0.6 is 0 Å². The molecule has 9 nitrogen and oxygen atoms in total. The molecule has 0 aliphatic carbocycles. The number of nitrogens with zero attached hydrogens (tertiary/aromatic N) is 3. The van der Waals surface area contributed by atoms with E-state index >= 15 is 0 Å². The lowest BCUT2D eigenvalue weighted by molar-refractivity contribution is -0.149. The van der Waals surface area contributed by atoms with Gasteiger partial charge in [-0.05, 0) is 6.42 Å². The van der Waals surface area contributed by atoms with Crippen molar-refractivity contribution in [2.75, 3.05) is 13.1 Å². The van der Waals surface area contributed by atoms with Gasteiger partial charge in [-0.2, -0.15) is 4.98 Å². The summed E-state index contributed by atoms with van der Waals surface area (Å²) in [6, 6.07) is 0. The maximum Gasteiger partial charge on any atom is 0.323 e. The number of aryl methyl sites for hydroxylation is 2. The summed E-state index contributed by atoms with van der Waals surface area (Å²) in [5, 5.41) is 21.1. The van der Waals surface area contributed by atoms with Gasteiger partial charge in [0.1, 0.15) is 13.1 Å². The summed E-state index contributed by atoms with van der Waals surface area (Å²) in [7, 11) is 0. The van der Waals surface area contributed by atoms with Crippen LogP contribution in [-0.4, -0.2) is 56.2 Å². The van der Waals surface area contributed by atoms with E-state index in [1.807, 2.05) is 6.92 Å². The Kier molecular flexibility index (Phi) is 6.31. The van der Waals surface area contributed by atoms with E-state index in [1.165, 1.54) is 0 Å². The van der Waals surface area contributed by atoms with Crippen LogP contribution in [0.2, 0.25) is 0 Å². The molecule has 9 heteroatoms. The van der Waals surface area contributed by atoms with E-state index in [1.54, 1.807) is 0 Å². The lowest BCUT2D eigenvalue weighted by atomic mass is 10.2. The molecule has 21 heavy (non-hydrogen) atoms. The van der Waals surface area contributed by atoms with E-state index in [9.17, 15) is 14.4 Å². The summed E-state index contributed by atoms with van der Waals surface area (Å²) in [6.45, 7) is 0.654. The quantitative estimate of drug-likeness (QED) is 0.648. The number of carboxylic acid groups (broad SMARTS) is 2. The number of carboxylic acids is 2. The second-order valence-electron chi connectivity index (χ2n) is 4.39. The third kappa shape index (κ3) is 6.02. The van der Waals surface area contributed by atoms with Crippen LogP contribution in [0.4, 0.5) is 0 Å². The van der Waals surface area contributed by atoms with Gasteiger partial charge in [-0.3, -0.25) is 14.4 Å². The fourth-order valence-corrected chi connectivity index (χ4v) is 1.65. The minimum atomic E-state index is -1.27. The van der Waals surface area contributed by atoms with E-state index in [2.05, 4.69) is 10.1 Å². The van der Waals surface area contributed by atoms with Crippen molar-refractivity contribution in [1.82, 2.24) is 15.0 Å². The smallest absolute Gasteiger partial charge is 0.323 e. The minimum absolute atomic E-state index is 0.0890. The predicted molar refractivity (Wildman–Crippen MR) is 68.5 cm³/mol. The van der Waals surface area contributed by atoms with Crippen molar-refractivity contribution in [3.8, 4) is 0 Å². The van der Waals surface area contributed by atoms with Gasteiger partial charge in [0, 0.05) is 19.3 Å². The molecule has 1 amide bonds. The fourth-order valence-electron chi connectivity index (χ4n) is 1.65. The molecule has 0 unspecified atom stereocenters. The Balaban J connectivity index is 2.55. The second kappa shape index (κ2) is 7.98. The first-order valence-corrected chi connectivity index (χ1v) is 6.45. The molecule has 0 saturated carbocycles. The van der Waals surface area contributed by atoms with E-state index in [4.69, 9.17) is 14.7 Å². The number of aromatic nitrogens is 2. The van der Waals surface area contributed by atoms with Gasteiger partial charge in [0.25, 0.3) is 0 Å². The van der Waals surface area contributed by atoms with Gasteiger partial charge in [0.15, 0.2) is 5.82 Å². The zero-order valence-electron chi connectivity index (χ0n) is 11.6. The third-order valence-corrected chi connectivity index (χ3v) is 2.54. The molecular formula is C12H17N3O6. The molecule has 2 N–H and O–H groups in total. The molecule has 1 rings (SSSR count). The van der Waals surface area contributed by atoms with Crippen molar-refractivity contribution >= 4 is 17.8 Å². The van der Waals surface area contributed by atoms with Crippen LogP contribution in [0, 0.1) is 0 Å². The van der Waals surface area contributed by atoms with Crippen molar-refractivity contribution in [2.24, 2.45) is 0 Å². The lowest BCUT2D eigenvalue weighted by Gasteiger charge is -2.17. The fraction of sp³-hybridized carbons (Fsp3) is 0.583. The van der Waals surface area contributed by atoms with Crippen LogP contribution in [0.1, 0.15) is 31.5 Å². The molecule has 0 spiro atoms. The molecule has 116 valence electrons. The van der Waals surface area contributed by atoms with E-state index in [0.29, 0.717) is 12.2 Å². The van der Waals surface area contributed by atoms with Gasteiger partial charge in [0.05, 0.1) is 0 Å².